The molecule has 0 fully saturated rings. The van der Waals surface area contributed by atoms with Crippen LogP contribution >= 0.6 is 15.9 Å². The summed E-state index contributed by atoms with van der Waals surface area (Å²) in [4.78, 5) is 15.6. The Balaban J connectivity index is 1.67. The molecule has 0 bridgehead atoms. The maximum Gasteiger partial charge on any atom is 0.229 e. The number of nitrogens with one attached hydrogen (secondary N) is 1. The second-order valence-corrected chi connectivity index (χ2v) is 6.16. The summed E-state index contributed by atoms with van der Waals surface area (Å²) < 4.78 is 0.961. The molecule has 0 amide bonds. The maximum atomic E-state index is 9.22. The lowest BCUT2D eigenvalue weighted by molar-refractivity contribution is 0.282. The van der Waals surface area contributed by atoms with Crippen molar-refractivity contribution in [3.63, 3.8) is 0 Å². The molecule has 0 saturated heterocycles. The highest BCUT2D eigenvalue weighted by atomic mass is 79.9. The first kappa shape index (κ1) is 14.3. The van der Waals surface area contributed by atoms with E-state index in [-0.39, 0.29) is 6.61 Å². The minimum absolute atomic E-state index is 0.00693. The van der Waals surface area contributed by atoms with Gasteiger partial charge in [-0.3, -0.25) is 4.99 Å². The summed E-state index contributed by atoms with van der Waals surface area (Å²) in [5.74, 6) is 2.31. The van der Waals surface area contributed by atoms with Gasteiger partial charge in [-0.2, -0.15) is 4.98 Å². The van der Waals surface area contributed by atoms with Gasteiger partial charge < -0.3 is 15.3 Å². The fourth-order valence-electron chi connectivity index (χ4n) is 2.70. The van der Waals surface area contributed by atoms with E-state index >= 15 is 0 Å². The fraction of sp³-hybridized carbons (Fsp3) is 0.188. The highest BCUT2D eigenvalue weighted by molar-refractivity contribution is 9.12. The Morgan fingerprint density at radius 1 is 1.35 bits per heavy atom. The molecule has 2 aliphatic rings. The van der Waals surface area contributed by atoms with E-state index in [1.54, 1.807) is 6.20 Å². The van der Waals surface area contributed by atoms with Crippen LogP contribution < -0.4 is 10.2 Å². The smallest absolute Gasteiger partial charge is 0.229 e. The molecule has 2 aromatic rings. The van der Waals surface area contributed by atoms with Crippen molar-refractivity contribution >= 4 is 45.3 Å². The summed E-state index contributed by atoms with van der Waals surface area (Å²) in [5.41, 5.74) is 2.65. The van der Waals surface area contributed by atoms with Gasteiger partial charge in [0.15, 0.2) is 0 Å². The molecule has 23 heavy (non-hydrogen) atoms. The molecule has 2 N–H and O–H groups in total. The molecule has 2 aliphatic heterocycles. The van der Waals surface area contributed by atoms with Gasteiger partial charge in [0.1, 0.15) is 11.7 Å². The molecule has 0 saturated carbocycles. The third-order valence-electron chi connectivity index (χ3n) is 3.75. The Morgan fingerprint density at radius 2 is 2.26 bits per heavy atom. The van der Waals surface area contributed by atoms with Crippen LogP contribution in [0.5, 0.6) is 0 Å². The van der Waals surface area contributed by atoms with Crippen molar-refractivity contribution < 1.29 is 5.11 Å². The van der Waals surface area contributed by atoms with Gasteiger partial charge in [0.05, 0.1) is 17.6 Å². The van der Waals surface area contributed by atoms with Crippen molar-refractivity contribution in [2.24, 2.45) is 4.99 Å². The topological polar surface area (TPSA) is 73.6 Å². The molecule has 6 nitrogen and oxygen atoms in total. The minimum atomic E-state index is 0.00693. The number of amidine groups is 1. The van der Waals surface area contributed by atoms with E-state index in [4.69, 9.17) is 0 Å². The van der Waals surface area contributed by atoms with Gasteiger partial charge in [0.2, 0.25) is 5.95 Å². The molecule has 4 rings (SSSR count). The van der Waals surface area contributed by atoms with Gasteiger partial charge in [-0.15, -0.1) is 0 Å². The average molecular weight is 372 g/mol. The van der Waals surface area contributed by atoms with Gasteiger partial charge in [-0.05, 0) is 39.7 Å². The minimum Gasteiger partial charge on any atom is -0.392 e. The molecule has 0 atom stereocenters. The van der Waals surface area contributed by atoms with Crippen molar-refractivity contribution in [3.8, 4) is 0 Å². The predicted molar refractivity (Wildman–Crippen MR) is 94.2 cm³/mol. The third kappa shape index (κ3) is 2.62. The first-order valence-electron chi connectivity index (χ1n) is 7.28. The zero-order valence-corrected chi connectivity index (χ0v) is 13.8. The normalized spacial score (nSPS) is 15.7. The quantitative estimate of drug-likeness (QED) is 0.867. The van der Waals surface area contributed by atoms with Crippen molar-refractivity contribution in [1.82, 2.24) is 9.97 Å². The van der Waals surface area contributed by atoms with E-state index < -0.39 is 0 Å². The summed E-state index contributed by atoms with van der Waals surface area (Å²) in [6.45, 7) is 1.59. The molecule has 0 radical (unpaired) electrons. The molecule has 1 aromatic carbocycles. The number of nitrogens with zero attached hydrogens (tertiary/aromatic N) is 4. The number of anilines is 3. The number of aliphatic imine (C=N–C) groups is 1. The second-order valence-electron chi connectivity index (χ2n) is 5.31. The molecule has 1 aromatic heterocycles. The number of benzene rings is 1. The van der Waals surface area contributed by atoms with E-state index in [1.807, 2.05) is 30.3 Å². The number of aliphatic hydroxyl groups is 1. The highest BCUT2D eigenvalue weighted by Gasteiger charge is 2.28. The number of aliphatic hydroxyl groups excluding tert-OH is 1. The van der Waals surface area contributed by atoms with Gasteiger partial charge in [0.25, 0.3) is 0 Å². The van der Waals surface area contributed by atoms with Gasteiger partial charge in [-0.1, -0.05) is 12.1 Å². The van der Waals surface area contributed by atoms with Crippen LogP contribution in [0.15, 0.2) is 39.9 Å². The van der Waals surface area contributed by atoms with E-state index in [9.17, 15) is 5.11 Å². The van der Waals surface area contributed by atoms with Crippen molar-refractivity contribution in [3.05, 3.63) is 46.1 Å². The second kappa shape index (κ2) is 5.75. The summed E-state index contributed by atoms with van der Waals surface area (Å²) in [7, 11) is 0. The summed E-state index contributed by atoms with van der Waals surface area (Å²) in [6, 6.07) is 7.55. The lowest BCUT2D eigenvalue weighted by Gasteiger charge is -2.25. The summed E-state index contributed by atoms with van der Waals surface area (Å²) >= 11 is 3.55. The van der Waals surface area contributed by atoms with Crippen LogP contribution in [0, 0.1) is 0 Å². The SMILES string of the molecule is OCc1cccc(Nc2ncc3c(n2)N2CCN=C2C(Br)=C3)c1. The van der Waals surface area contributed by atoms with E-state index in [0.717, 1.165) is 46.0 Å². The summed E-state index contributed by atoms with van der Waals surface area (Å²) in [5, 5.41) is 12.4. The predicted octanol–water partition coefficient (Wildman–Crippen LogP) is 2.68. The molecule has 7 heteroatoms. The summed E-state index contributed by atoms with van der Waals surface area (Å²) in [6.07, 6.45) is 3.79. The molecule has 0 unspecified atom stereocenters. The number of hydrogen-bond acceptors (Lipinski definition) is 6. The zero-order valence-electron chi connectivity index (χ0n) is 12.2. The van der Waals surface area contributed by atoms with Crippen LogP contribution in [0.1, 0.15) is 11.1 Å². The standard InChI is InChI=1S/C16H14BrN5O/c17-13-7-11-8-19-16(20-12-3-1-2-10(6-12)9-23)21-14(11)22-5-4-18-15(13)22/h1-3,6-8,23H,4-5,9H2,(H,19,20,21). The van der Waals surface area contributed by atoms with E-state index in [1.165, 1.54) is 0 Å². The molecular formula is C16H14BrN5O. The number of fused-ring (bicyclic) bond motifs is 3. The van der Waals surface area contributed by atoms with Gasteiger partial charge >= 0.3 is 0 Å². The lowest BCUT2D eigenvalue weighted by atomic mass is 10.2. The molecular weight excluding hydrogens is 358 g/mol. The Labute approximate surface area is 141 Å². The Bertz CT molecular complexity index is 833. The van der Waals surface area contributed by atoms with Crippen LogP contribution in [-0.2, 0) is 6.61 Å². The number of rotatable bonds is 3. The molecule has 116 valence electrons. The van der Waals surface area contributed by atoms with Gasteiger partial charge in [-0.25, -0.2) is 4.98 Å². The Hall–Kier alpha value is -2.25. The first-order chi connectivity index (χ1) is 11.2. The van der Waals surface area contributed by atoms with Crippen LogP contribution in [0.25, 0.3) is 6.08 Å². The number of halogens is 1. The average Bonchev–Trinajstić information content (AvgIpc) is 3.06. The van der Waals surface area contributed by atoms with Crippen LogP contribution in [0.4, 0.5) is 17.5 Å². The van der Waals surface area contributed by atoms with Crippen LogP contribution in [0.3, 0.4) is 0 Å². The maximum absolute atomic E-state index is 9.22. The van der Waals surface area contributed by atoms with Crippen molar-refractivity contribution in [2.45, 2.75) is 6.61 Å². The monoisotopic (exact) mass is 371 g/mol. The van der Waals surface area contributed by atoms with Crippen molar-refractivity contribution in [1.29, 1.82) is 0 Å². The highest BCUT2D eigenvalue weighted by Crippen LogP contribution is 2.33. The molecule has 0 spiro atoms. The largest absolute Gasteiger partial charge is 0.392 e. The number of hydrogen-bond donors (Lipinski definition) is 2. The van der Waals surface area contributed by atoms with Crippen LogP contribution in [-0.4, -0.2) is 34.0 Å². The fourth-order valence-corrected chi connectivity index (χ4v) is 3.28. The van der Waals surface area contributed by atoms with E-state index in [2.05, 4.69) is 41.1 Å². The Morgan fingerprint density at radius 3 is 3.13 bits per heavy atom. The van der Waals surface area contributed by atoms with Crippen molar-refractivity contribution in [2.75, 3.05) is 23.3 Å². The van der Waals surface area contributed by atoms with Crippen LogP contribution in [0.2, 0.25) is 0 Å². The first-order valence-corrected chi connectivity index (χ1v) is 8.07. The van der Waals surface area contributed by atoms with E-state index in [0.29, 0.717) is 5.95 Å². The Kier molecular flexibility index (Phi) is 3.59. The van der Waals surface area contributed by atoms with Gasteiger partial charge in [0, 0.05) is 24.0 Å². The molecule has 0 aliphatic carbocycles. The third-order valence-corrected chi connectivity index (χ3v) is 4.34. The zero-order chi connectivity index (χ0) is 15.8. The molecule has 3 heterocycles. The lowest BCUT2D eigenvalue weighted by Crippen LogP contribution is -2.31. The number of aromatic nitrogens is 2.